The molecule has 0 saturated carbocycles. The van der Waals surface area contributed by atoms with Crippen molar-refractivity contribution in [2.75, 3.05) is 39.8 Å². The fourth-order valence-corrected chi connectivity index (χ4v) is 2.87. The Bertz CT molecular complexity index is 720. The van der Waals surface area contributed by atoms with E-state index in [-0.39, 0.29) is 11.8 Å². The van der Waals surface area contributed by atoms with E-state index in [0.29, 0.717) is 45.0 Å². The van der Waals surface area contributed by atoms with E-state index >= 15 is 0 Å². The van der Waals surface area contributed by atoms with Crippen LogP contribution < -0.4 is 10.1 Å². The van der Waals surface area contributed by atoms with Crippen LogP contribution in [-0.4, -0.2) is 61.4 Å². The Morgan fingerprint density at radius 2 is 1.85 bits per heavy atom. The zero-order chi connectivity index (χ0) is 18.4. The Morgan fingerprint density at radius 3 is 2.46 bits per heavy atom. The van der Waals surface area contributed by atoms with E-state index in [4.69, 9.17) is 9.15 Å². The van der Waals surface area contributed by atoms with Crippen molar-refractivity contribution in [1.82, 2.24) is 15.1 Å². The minimum atomic E-state index is -0.0985. The first kappa shape index (κ1) is 18.0. The first-order chi connectivity index (χ1) is 12.7. The van der Waals surface area contributed by atoms with Gasteiger partial charge < -0.3 is 19.4 Å². The van der Waals surface area contributed by atoms with Gasteiger partial charge in [-0.3, -0.25) is 14.5 Å². The Kier molecular flexibility index (Phi) is 5.91. The molecule has 1 aromatic heterocycles. The molecular weight excluding hydrogens is 334 g/mol. The smallest absolute Gasteiger partial charge is 0.289 e. The maximum atomic E-state index is 12.2. The van der Waals surface area contributed by atoms with Crippen LogP contribution in [0.3, 0.4) is 0 Å². The lowest BCUT2D eigenvalue weighted by Crippen LogP contribution is -2.51. The second-order valence-corrected chi connectivity index (χ2v) is 6.17. The lowest BCUT2D eigenvalue weighted by Gasteiger charge is -2.33. The molecule has 0 spiro atoms. The number of rotatable bonds is 6. The van der Waals surface area contributed by atoms with E-state index in [2.05, 4.69) is 10.2 Å². The summed E-state index contributed by atoms with van der Waals surface area (Å²) in [5.41, 5.74) is 1.02. The summed E-state index contributed by atoms with van der Waals surface area (Å²) in [6, 6.07) is 11.0. The minimum absolute atomic E-state index is 0.0216. The van der Waals surface area contributed by atoms with Crippen LogP contribution in [0.5, 0.6) is 5.75 Å². The van der Waals surface area contributed by atoms with Gasteiger partial charge in [0.1, 0.15) is 5.75 Å². The van der Waals surface area contributed by atoms with Crippen LogP contribution in [0.25, 0.3) is 0 Å². The molecule has 0 radical (unpaired) electrons. The second-order valence-electron chi connectivity index (χ2n) is 6.17. The van der Waals surface area contributed by atoms with E-state index in [0.717, 1.165) is 11.3 Å². The van der Waals surface area contributed by atoms with Gasteiger partial charge in [0.15, 0.2) is 5.76 Å². The third-order valence-electron chi connectivity index (χ3n) is 4.41. The first-order valence-corrected chi connectivity index (χ1v) is 8.60. The van der Waals surface area contributed by atoms with Gasteiger partial charge in [0.25, 0.3) is 5.91 Å². The molecule has 0 unspecified atom stereocenters. The maximum absolute atomic E-state index is 12.2. The Morgan fingerprint density at radius 1 is 1.12 bits per heavy atom. The Balaban J connectivity index is 1.39. The number of carbonyl (C=O) groups is 2. The average Bonchev–Trinajstić information content (AvgIpc) is 3.21. The predicted molar refractivity (Wildman–Crippen MR) is 95.9 cm³/mol. The van der Waals surface area contributed by atoms with Crippen LogP contribution in [-0.2, 0) is 11.3 Å². The number of hydrogen-bond donors (Lipinski definition) is 1. The van der Waals surface area contributed by atoms with Crippen molar-refractivity contribution in [3.05, 3.63) is 54.0 Å². The Labute approximate surface area is 152 Å². The second kappa shape index (κ2) is 8.53. The van der Waals surface area contributed by atoms with Crippen molar-refractivity contribution in [3.63, 3.8) is 0 Å². The third kappa shape index (κ3) is 4.64. The zero-order valence-electron chi connectivity index (χ0n) is 14.8. The summed E-state index contributed by atoms with van der Waals surface area (Å²) in [7, 11) is 1.62. The van der Waals surface area contributed by atoms with Crippen LogP contribution in [0.15, 0.2) is 47.1 Å². The molecule has 1 aliphatic heterocycles. The van der Waals surface area contributed by atoms with Crippen LogP contribution in [0.2, 0.25) is 0 Å². The summed E-state index contributed by atoms with van der Waals surface area (Å²) in [5, 5.41) is 2.92. The van der Waals surface area contributed by atoms with Crippen molar-refractivity contribution >= 4 is 11.8 Å². The highest BCUT2D eigenvalue weighted by atomic mass is 16.5. The van der Waals surface area contributed by atoms with E-state index in [1.54, 1.807) is 24.1 Å². The van der Waals surface area contributed by atoms with Gasteiger partial charge in [-0.1, -0.05) is 12.1 Å². The summed E-state index contributed by atoms with van der Waals surface area (Å²) in [5.74, 6) is 1.03. The molecule has 1 saturated heterocycles. The summed E-state index contributed by atoms with van der Waals surface area (Å²) in [4.78, 5) is 28.2. The van der Waals surface area contributed by atoms with Crippen molar-refractivity contribution in [2.24, 2.45) is 0 Å². The van der Waals surface area contributed by atoms with Gasteiger partial charge >= 0.3 is 0 Å². The number of amides is 2. The molecule has 26 heavy (non-hydrogen) atoms. The van der Waals surface area contributed by atoms with Gasteiger partial charge in [0.2, 0.25) is 5.91 Å². The molecule has 1 N–H and O–H groups in total. The molecule has 0 bridgehead atoms. The van der Waals surface area contributed by atoms with Gasteiger partial charge in [0.05, 0.1) is 19.9 Å². The number of nitrogens with one attached hydrogen (secondary N) is 1. The summed E-state index contributed by atoms with van der Waals surface area (Å²) in [6.45, 7) is 3.33. The number of methoxy groups -OCH3 is 1. The highest BCUT2D eigenvalue weighted by molar-refractivity contribution is 5.91. The van der Waals surface area contributed by atoms with E-state index in [9.17, 15) is 9.59 Å². The van der Waals surface area contributed by atoms with E-state index in [1.165, 1.54) is 6.26 Å². The molecule has 2 aromatic rings. The number of furan rings is 1. The van der Waals surface area contributed by atoms with E-state index in [1.807, 2.05) is 24.3 Å². The molecular formula is C19H23N3O4. The Hall–Kier alpha value is -2.80. The SMILES string of the molecule is COc1ccc(CNC(=O)CN2CCN(C(=O)c3ccco3)CC2)cc1. The molecule has 7 nitrogen and oxygen atoms in total. The predicted octanol–water partition coefficient (Wildman–Crippen LogP) is 1.36. The fourth-order valence-electron chi connectivity index (χ4n) is 2.87. The number of carbonyl (C=O) groups excluding carboxylic acids is 2. The largest absolute Gasteiger partial charge is 0.497 e. The molecule has 3 rings (SSSR count). The van der Waals surface area contributed by atoms with Crippen molar-refractivity contribution < 1.29 is 18.7 Å². The number of hydrogen-bond acceptors (Lipinski definition) is 5. The van der Waals surface area contributed by atoms with E-state index < -0.39 is 0 Å². The van der Waals surface area contributed by atoms with Crippen LogP contribution in [0.4, 0.5) is 0 Å². The molecule has 0 aliphatic carbocycles. The van der Waals surface area contributed by atoms with Gasteiger partial charge in [-0.05, 0) is 29.8 Å². The summed E-state index contributed by atoms with van der Waals surface area (Å²) in [6.07, 6.45) is 1.50. The van der Waals surface area contributed by atoms with Gasteiger partial charge in [0, 0.05) is 32.7 Å². The molecule has 2 amide bonds. The average molecular weight is 357 g/mol. The molecule has 138 valence electrons. The molecule has 1 fully saturated rings. The standard InChI is InChI=1S/C19H23N3O4/c1-25-16-6-4-15(5-7-16)13-20-18(23)14-21-8-10-22(11-9-21)19(24)17-3-2-12-26-17/h2-7,12H,8-11,13-14H2,1H3,(H,20,23). The quantitative estimate of drug-likeness (QED) is 0.845. The van der Waals surface area contributed by atoms with Gasteiger partial charge in [-0.25, -0.2) is 0 Å². The van der Waals surface area contributed by atoms with Crippen LogP contribution in [0, 0.1) is 0 Å². The van der Waals surface area contributed by atoms with Gasteiger partial charge in [-0.2, -0.15) is 0 Å². The van der Waals surface area contributed by atoms with Crippen LogP contribution >= 0.6 is 0 Å². The van der Waals surface area contributed by atoms with Crippen LogP contribution in [0.1, 0.15) is 16.1 Å². The number of ether oxygens (including phenoxy) is 1. The first-order valence-electron chi connectivity index (χ1n) is 8.60. The number of nitrogens with zero attached hydrogens (tertiary/aromatic N) is 2. The molecule has 0 atom stereocenters. The molecule has 7 heteroatoms. The van der Waals surface area contributed by atoms with Gasteiger partial charge in [-0.15, -0.1) is 0 Å². The lowest BCUT2D eigenvalue weighted by atomic mass is 10.2. The fraction of sp³-hybridized carbons (Fsp3) is 0.368. The molecule has 1 aliphatic rings. The lowest BCUT2D eigenvalue weighted by molar-refractivity contribution is -0.122. The molecule has 1 aromatic carbocycles. The van der Waals surface area contributed by atoms with Crippen molar-refractivity contribution in [2.45, 2.75) is 6.54 Å². The number of piperazine rings is 1. The summed E-state index contributed by atoms with van der Waals surface area (Å²) >= 11 is 0. The maximum Gasteiger partial charge on any atom is 0.289 e. The van der Waals surface area contributed by atoms with Crippen molar-refractivity contribution in [1.29, 1.82) is 0 Å². The minimum Gasteiger partial charge on any atom is -0.497 e. The third-order valence-corrected chi connectivity index (χ3v) is 4.41. The normalized spacial score (nSPS) is 14.9. The highest BCUT2D eigenvalue weighted by Gasteiger charge is 2.24. The number of benzene rings is 1. The topological polar surface area (TPSA) is 75.0 Å². The zero-order valence-corrected chi connectivity index (χ0v) is 14.8. The monoisotopic (exact) mass is 357 g/mol. The highest BCUT2D eigenvalue weighted by Crippen LogP contribution is 2.11. The summed E-state index contributed by atoms with van der Waals surface area (Å²) < 4.78 is 10.3. The van der Waals surface area contributed by atoms with Crippen molar-refractivity contribution in [3.8, 4) is 5.75 Å². The molecule has 2 heterocycles.